The molecule has 10 N–H and O–H groups in total. The molecule has 0 spiro atoms. The highest BCUT2D eigenvalue weighted by Crippen LogP contribution is 2.31. The van der Waals surface area contributed by atoms with Gasteiger partial charge in [0.2, 0.25) is 0 Å². The Morgan fingerprint density at radius 1 is 0.551 bits per heavy atom. The Balaban J connectivity index is 0.000000258. The highest BCUT2D eigenvalue weighted by atomic mass is 79.9. The van der Waals surface area contributed by atoms with E-state index in [1.54, 1.807) is 18.2 Å². The van der Waals surface area contributed by atoms with E-state index in [9.17, 15) is 19.2 Å². The summed E-state index contributed by atoms with van der Waals surface area (Å²) >= 11 is 3.54. The van der Waals surface area contributed by atoms with Crippen LogP contribution in [0.1, 0.15) is 152 Å². The molecule has 2 aromatic carbocycles. The van der Waals surface area contributed by atoms with Gasteiger partial charge < -0.3 is 52.8 Å². The fourth-order valence-electron chi connectivity index (χ4n) is 8.33. The number of pyridine rings is 2. The number of carbonyl (C=O) groups is 4. The van der Waals surface area contributed by atoms with Crippen LogP contribution >= 0.6 is 15.9 Å². The molecule has 374 valence electrons. The Morgan fingerprint density at radius 3 is 1.39 bits per heavy atom. The Hall–Kier alpha value is -6.10. The molecule has 2 aromatic heterocycles. The van der Waals surface area contributed by atoms with Gasteiger partial charge in [-0.25, -0.2) is 19.6 Å². The lowest BCUT2D eigenvalue weighted by molar-refractivity contribution is 0.0477. The van der Waals surface area contributed by atoms with E-state index in [-0.39, 0.29) is 47.6 Å². The standard InChI is InChI=1S/C26H36BrN5O3.C26H37N5O3/c1-25(2,3)35-24(34)30-20-14-10-9-13-19(20)29-22-18(27)15-17(21(28)31-22)23(33)32-26(4,5)16-11-7-6-8-12-16;1-25(2,3)34-24(33)29-20-14-10-9-13-19(20)28-21-16-15-18(22(27)30-21)23(32)31-26(4,5)17-11-7-6-8-12-17/h6-8,11-12,15,19-20H,9-10,13-14H2,1-5H3,(H,30,34)(H,32,33)(H3,28,29,31);6-8,11-12,15-16,19-20H,9-10,13-14H2,1-5H3,(H,29,33)(H,31,32)(H3,27,28,30)/t2*19-,20+/m11/s1. The summed E-state index contributed by atoms with van der Waals surface area (Å²) in [5, 5.41) is 18.8. The zero-order chi connectivity index (χ0) is 50.7. The zero-order valence-corrected chi connectivity index (χ0v) is 43.4. The van der Waals surface area contributed by atoms with Crippen LogP contribution in [-0.2, 0) is 20.6 Å². The van der Waals surface area contributed by atoms with Crippen LogP contribution in [0.2, 0.25) is 0 Å². The summed E-state index contributed by atoms with van der Waals surface area (Å²) in [5.74, 6) is 0.789. The molecule has 4 atom stereocenters. The van der Waals surface area contributed by atoms with E-state index in [1.807, 2.05) is 130 Å². The molecule has 16 nitrogen and oxygen atoms in total. The predicted octanol–water partition coefficient (Wildman–Crippen LogP) is 9.92. The number of nitrogens with one attached hydrogen (secondary N) is 6. The Labute approximate surface area is 416 Å². The maximum Gasteiger partial charge on any atom is 0.407 e. The second-order valence-corrected chi connectivity index (χ2v) is 21.7. The van der Waals surface area contributed by atoms with E-state index in [4.69, 9.17) is 20.9 Å². The summed E-state index contributed by atoms with van der Waals surface area (Å²) in [7, 11) is 0. The van der Waals surface area contributed by atoms with Crippen molar-refractivity contribution in [2.45, 2.75) is 167 Å². The number of carbonyl (C=O) groups excluding carboxylic acids is 4. The quantitative estimate of drug-likeness (QED) is 0.0662. The van der Waals surface area contributed by atoms with Crippen LogP contribution in [0.4, 0.5) is 32.9 Å². The minimum Gasteiger partial charge on any atom is -0.444 e. The van der Waals surface area contributed by atoms with Crippen molar-refractivity contribution in [3.63, 3.8) is 0 Å². The van der Waals surface area contributed by atoms with Gasteiger partial charge in [0.05, 0.1) is 38.8 Å². The number of hydrogen-bond donors (Lipinski definition) is 8. The molecule has 2 heterocycles. The molecule has 6 rings (SSSR count). The van der Waals surface area contributed by atoms with Gasteiger partial charge in [-0.2, -0.15) is 0 Å². The van der Waals surface area contributed by atoms with Gasteiger partial charge in [0, 0.05) is 12.1 Å². The lowest BCUT2D eigenvalue weighted by Gasteiger charge is -2.34. The largest absolute Gasteiger partial charge is 0.444 e. The van der Waals surface area contributed by atoms with Crippen LogP contribution in [0.15, 0.2) is 83.3 Å². The van der Waals surface area contributed by atoms with Gasteiger partial charge in [-0.1, -0.05) is 86.3 Å². The highest BCUT2D eigenvalue weighted by molar-refractivity contribution is 9.10. The first-order chi connectivity index (χ1) is 32.3. The third-order valence-corrected chi connectivity index (χ3v) is 12.5. The maximum atomic E-state index is 13.1. The lowest BCUT2D eigenvalue weighted by atomic mass is 9.90. The van der Waals surface area contributed by atoms with Crippen molar-refractivity contribution in [3.05, 3.63) is 106 Å². The Morgan fingerprint density at radius 2 is 0.957 bits per heavy atom. The molecule has 0 saturated heterocycles. The molecule has 0 aliphatic heterocycles. The molecular weight excluding hydrogens is 941 g/mol. The topological polar surface area (TPSA) is 237 Å². The molecule has 17 heteroatoms. The number of halogens is 1. The molecular formula is C52H73BrN10O6. The third kappa shape index (κ3) is 16.3. The maximum absolute atomic E-state index is 13.1. The highest BCUT2D eigenvalue weighted by Gasteiger charge is 2.32. The smallest absolute Gasteiger partial charge is 0.407 e. The van der Waals surface area contributed by atoms with Crippen LogP contribution < -0.4 is 43.4 Å². The Bertz CT molecular complexity index is 2390. The lowest BCUT2D eigenvalue weighted by Crippen LogP contribution is -2.50. The van der Waals surface area contributed by atoms with Crippen molar-refractivity contribution in [1.82, 2.24) is 31.2 Å². The number of hydrogen-bond acceptors (Lipinski definition) is 12. The fourth-order valence-corrected chi connectivity index (χ4v) is 8.76. The summed E-state index contributed by atoms with van der Waals surface area (Å²) in [5.41, 5.74) is 12.7. The molecule has 2 aliphatic carbocycles. The molecule has 0 bridgehead atoms. The second kappa shape index (κ2) is 23.0. The van der Waals surface area contributed by atoms with E-state index >= 15 is 0 Å². The number of rotatable bonds is 12. The fraction of sp³-hybridized carbons (Fsp3) is 0.500. The van der Waals surface area contributed by atoms with E-state index in [0.29, 0.717) is 27.2 Å². The minimum absolute atomic E-state index is 0.00939. The number of ether oxygens (including phenoxy) is 2. The SMILES string of the molecule is CC(C)(C)OC(=O)N[C@H]1CCCC[C@H]1Nc1ccc(C(=O)NC(C)(C)c2ccccc2)c(N)n1.CC(C)(C)OC(=O)N[C@H]1CCCC[C@H]1Nc1nc(N)c(C(=O)NC(C)(C)c2ccccc2)cc1Br. The summed E-state index contributed by atoms with van der Waals surface area (Å²) in [6.45, 7) is 18.8. The average Bonchev–Trinajstić information content (AvgIpc) is 3.25. The van der Waals surface area contributed by atoms with Crippen LogP contribution in [0.5, 0.6) is 0 Å². The van der Waals surface area contributed by atoms with E-state index in [2.05, 4.69) is 57.8 Å². The second-order valence-electron chi connectivity index (χ2n) is 20.8. The molecule has 4 amide bonds. The summed E-state index contributed by atoms with van der Waals surface area (Å²) in [6, 6.07) is 24.4. The van der Waals surface area contributed by atoms with Crippen LogP contribution in [0, 0.1) is 0 Å². The molecule has 0 radical (unpaired) electrons. The first kappa shape index (κ1) is 53.8. The number of anilines is 4. The first-order valence-electron chi connectivity index (χ1n) is 23.8. The third-order valence-electron chi connectivity index (χ3n) is 11.9. The van der Waals surface area contributed by atoms with Gasteiger partial charge in [0.1, 0.15) is 34.5 Å². The molecule has 2 saturated carbocycles. The number of aromatic nitrogens is 2. The van der Waals surface area contributed by atoms with Crippen molar-refractivity contribution in [2.24, 2.45) is 0 Å². The van der Waals surface area contributed by atoms with E-state index in [1.165, 1.54) is 0 Å². The minimum atomic E-state index is -0.586. The monoisotopic (exact) mass is 1010 g/mol. The molecule has 69 heavy (non-hydrogen) atoms. The van der Waals surface area contributed by atoms with Gasteiger partial charge in [-0.3, -0.25) is 9.59 Å². The van der Waals surface area contributed by atoms with Crippen LogP contribution in [0.3, 0.4) is 0 Å². The molecule has 4 aromatic rings. The zero-order valence-electron chi connectivity index (χ0n) is 41.8. The van der Waals surface area contributed by atoms with E-state index in [0.717, 1.165) is 62.5 Å². The number of benzene rings is 2. The van der Waals surface area contributed by atoms with Crippen LogP contribution in [0.25, 0.3) is 0 Å². The van der Waals surface area contributed by atoms with E-state index < -0.39 is 34.5 Å². The predicted molar refractivity (Wildman–Crippen MR) is 277 cm³/mol. The van der Waals surface area contributed by atoms with Crippen LogP contribution in [-0.4, -0.2) is 69.3 Å². The molecule has 2 fully saturated rings. The number of nitrogens with two attached hydrogens (primary N) is 2. The number of amides is 4. The van der Waals surface area contributed by atoms with Gasteiger partial charge in [0.25, 0.3) is 11.8 Å². The van der Waals surface area contributed by atoms with Crippen molar-refractivity contribution in [1.29, 1.82) is 0 Å². The van der Waals surface area contributed by atoms with Crippen molar-refractivity contribution < 1.29 is 28.7 Å². The molecule has 2 aliphatic rings. The van der Waals surface area contributed by atoms with Gasteiger partial charge >= 0.3 is 12.2 Å². The van der Waals surface area contributed by atoms with Gasteiger partial charge in [0.15, 0.2) is 0 Å². The average molecular weight is 1010 g/mol. The summed E-state index contributed by atoms with van der Waals surface area (Å²) in [6.07, 6.45) is 6.71. The first-order valence-corrected chi connectivity index (χ1v) is 24.6. The number of nitrogen functional groups attached to an aromatic ring is 2. The molecule has 0 unspecified atom stereocenters. The summed E-state index contributed by atoms with van der Waals surface area (Å²) < 4.78 is 11.5. The van der Waals surface area contributed by atoms with Crippen molar-refractivity contribution in [3.8, 4) is 0 Å². The normalized spacial score (nSPS) is 18.5. The number of alkyl carbamates (subject to hydrolysis) is 2. The number of nitrogens with zero attached hydrogens (tertiary/aromatic N) is 2. The summed E-state index contributed by atoms with van der Waals surface area (Å²) in [4.78, 5) is 59.5. The van der Waals surface area contributed by atoms with Crippen molar-refractivity contribution in [2.75, 3.05) is 22.1 Å². The van der Waals surface area contributed by atoms with Gasteiger partial charge in [-0.15, -0.1) is 0 Å². The van der Waals surface area contributed by atoms with Crippen molar-refractivity contribution >= 4 is 63.2 Å². The van der Waals surface area contributed by atoms with Gasteiger partial charge in [-0.05, 0) is 140 Å². The Kier molecular flexibility index (Phi) is 18.0.